The van der Waals surface area contributed by atoms with E-state index in [0.717, 1.165) is 5.56 Å². The van der Waals surface area contributed by atoms with Gasteiger partial charge in [-0.2, -0.15) is 5.10 Å². The molecule has 1 amide bonds. The van der Waals surface area contributed by atoms with Crippen LogP contribution in [0.5, 0.6) is 0 Å². The lowest BCUT2D eigenvalue weighted by Crippen LogP contribution is -2.40. The van der Waals surface area contributed by atoms with Crippen LogP contribution in [0.4, 0.5) is 0 Å². The summed E-state index contributed by atoms with van der Waals surface area (Å²) in [6, 6.07) is 5.27. The molecule has 0 radical (unpaired) electrons. The lowest BCUT2D eigenvalue weighted by Gasteiger charge is -2.11. The maximum Gasteiger partial charge on any atom is 0.237 e. The van der Waals surface area contributed by atoms with E-state index in [9.17, 15) is 9.59 Å². The Kier molecular flexibility index (Phi) is 4.47. The molecule has 1 saturated heterocycles. The van der Waals surface area contributed by atoms with E-state index in [2.05, 4.69) is 20.7 Å². The van der Waals surface area contributed by atoms with E-state index in [0.29, 0.717) is 25.3 Å². The Morgan fingerprint density at radius 1 is 1.43 bits per heavy atom. The zero-order chi connectivity index (χ0) is 16.2. The highest BCUT2D eigenvalue weighted by molar-refractivity contribution is 5.85. The Morgan fingerprint density at radius 3 is 3.00 bits per heavy atom. The van der Waals surface area contributed by atoms with Gasteiger partial charge in [-0.3, -0.25) is 9.59 Å². The topological polar surface area (TPSA) is 88.9 Å². The van der Waals surface area contributed by atoms with Crippen molar-refractivity contribution in [1.29, 1.82) is 0 Å². The van der Waals surface area contributed by atoms with Crippen molar-refractivity contribution in [3.05, 3.63) is 42.4 Å². The number of nitrogens with zero attached hydrogens (tertiary/aromatic N) is 3. The Bertz CT molecular complexity index is 698. The van der Waals surface area contributed by atoms with E-state index in [1.807, 2.05) is 24.4 Å². The maximum absolute atomic E-state index is 12.2. The molecule has 3 heterocycles. The van der Waals surface area contributed by atoms with Gasteiger partial charge in [-0.25, -0.2) is 9.67 Å². The van der Waals surface area contributed by atoms with E-state index in [4.69, 9.17) is 0 Å². The molecule has 2 aromatic rings. The van der Waals surface area contributed by atoms with Gasteiger partial charge in [0.25, 0.3) is 0 Å². The molecule has 7 nitrogen and oxygen atoms in total. The average molecular weight is 313 g/mol. The minimum absolute atomic E-state index is 0.0573. The molecule has 0 aromatic carbocycles. The molecule has 120 valence electrons. The molecule has 2 atom stereocenters. The number of Topliss-reactive ketones (excluding diaryl/α,β-unsaturated/α-hetero) is 1. The van der Waals surface area contributed by atoms with Gasteiger partial charge in [0.05, 0.1) is 6.04 Å². The molecule has 3 rings (SSSR count). The van der Waals surface area contributed by atoms with E-state index >= 15 is 0 Å². The first-order chi connectivity index (χ1) is 11.1. The van der Waals surface area contributed by atoms with Crippen LogP contribution in [0.15, 0.2) is 36.8 Å². The minimum Gasteiger partial charge on any atom is -0.351 e. The number of carbonyl (C=O) groups excluding carboxylic acids is 2. The van der Waals surface area contributed by atoms with Gasteiger partial charge >= 0.3 is 0 Å². The second-order valence-corrected chi connectivity index (χ2v) is 5.69. The summed E-state index contributed by atoms with van der Waals surface area (Å²) in [5, 5.41) is 10.1. The Morgan fingerprint density at radius 2 is 2.30 bits per heavy atom. The fourth-order valence-electron chi connectivity index (χ4n) is 2.66. The molecule has 0 spiro atoms. The highest BCUT2D eigenvalue weighted by atomic mass is 16.2. The molecule has 0 saturated carbocycles. The van der Waals surface area contributed by atoms with Gasteiger partial charge in [-0.15, -0.1) is 0 Å². The largest absolute Gasteiger partial charge is 0.351 e. The summed E-state index contributed by atoms with van der Waals surface area (Å²) >= 11 is 0. The second kappa shape index (κ2) is 6.70. The number of carbonyl (C=O) groups is 2. The molecular weight excluding hydrogens is 294 g/mol. The van der Waals surface area contributed by atoms with Crippen LogP contribution >= 0.6 is 0 Å². The number of hydrogen-bond acceptors (Lipinski definition) is 5. The molecule has 2 aromatic heterocycles. The van der Waals surface area contributed by atoms with E-state index in [1.165, 1.54) is 0 Å². The zero-order valence-corrected chi connectivity index (χ0v) is 12.9. The predicted octanol–water partition coefficient (Wildman–Crippen LogP) is 0.451. The number of ketones is 1. The number of amides is 1. The second-order valence-electron chi connectivity index (χ2n) is 5.69. The van der Waals surface area contributed by atoms with Crippen LogP contribution in [-0.4, -0.2) is 39.0 Å². The Labute approximate surface area is 134 Å². The van der Waals surface area contributed by atoms with Crippen molar-refractivity contribution < 1.29 is 9.59 Å². The van der Waals surface area contributed by atoms with Crippen LogP contribution < -0.4 is 10.6 Å². The highest BCUT2D eigenvalue weighted by Gasteiger charge is 2.31. The van der Waals surface area contributed by atoms with Crippen molar-refractivity contribution in [2.45, 2.75) is 25.9 Å². The molecule has 1 aliphatic rings. The standard InChI is InChI=1S/C16H19N5O2/c1-11(22)13-8-14(18-10-13)16(23)19-9-12-3-5-17-15(7-12)21-6-2-4-20-21/h2-7,13-14,18H,8-10H2,1H3,(H,19,23). The van der Waals surface area contributed by atoms with Gasteiger partial charge < -0.3 is 10.6 Å². The third-order valence-electron chi connectivity index (χ3n) is 4.04. The van der Waals surface area contributed by atoms with Crippen LogP contribution in [0, 0.1) is 5.92 Å². The van der Waals surface area contributed by atoms with Crippen molar-refractivity contribution in [3.63, 3.8) is 0 Å². The minimum atomic E-state index is -0.295. The SMILES string of the molecule is CC(=O)C1CNC(C(=O)NCc2ccnc(-n3cccn3)c2)C1. The van der Waals surface area contributed by atoms with Crippen molar-refractivity contribution in [3.8, 4) is 5.82 Å². The quantitative estimate of drug-likeness (QED) is 0.837. The molecule has 2 N–H and O–H groups in total. The number of pyridine rings is 1. The molecular formula is C16H19N5O2. The smallest absolute Gasteiger partial charge is 0.237 e. The number of rotatable bonds is 5. The molecule has 23 heavy (non-hydrogen) atoms. The van der Waals surface area contributed by atoms with E-state index in [-0.39, 0.29) is 23.7 Å². The lowest BCUT2D eigenvalue weighted by molar-refractivity contribution is -0.123. The summed E-state index contributed by atoms with van der Waals surface area (Å²) in [5.41, 5.74) is 0.944. The average Bonchev–Trinajstić information content (AvgIpc) is 3.24. The van der Waals surface area contributed by atoms with Gasteiger partial charge in [0, 0.05) is 37.6 Å². The first-order valence-electron chi connectivity index (χ1n) is 7.60. The lowest BCUT2D eigenvalue weighted by atomic mass is 10.0. The Balaban J connectivity index is 1.57. The van der Waals surface area contributed by atoms with E-state index < -0.39 is 0 Å². The molecule has 0 bridgehead atoms. The van der Waals surface area contributed by atoms with Crippen molar-refractivity contribution >= 4 is 11.7 Å². The predicted molar refractivity (Wildman–Crippen MR) is 83.8 cm³/mol. The summed E-state index contributed by atoms with van der Waals surface area (Å²) in [4.78, 5) is 27.8. The zero-order valence-electron chi connectivity index (χ0n) is 12.9. The highest BCUT2D eigenvalue weighted by Crippen LogP contribution is 2.15. The normalized spacial score (nSPS) is 20.4. The summed E-state index contributed by atoms with van der Waals surface area (Å²) in [7, 11) is 0. The van der Waals surface area contributed by atoms with Crippen LogP contribution in [0.3, 0.4) is 0 Å². The first-order valence-corrected chi connectivity index (χ1v) is 7.60. The fourth-order valence-corrected chi connectivity index (χ4v) is 2.66. The monoisotopic (exact) mass is 313 g/mol. The van der Waals surface area contributed by atoms with Crippen molar-refractivity contribution in [2.75, 3.05) is 6.54 Å². The van der Waals surface area contributed by atoms with Crippen LogP contribution in [0.2, 0.25) is 0 Å². The molecule has 1 aliphatic heterocycles. The third kappa shape index (κ3) is 3.62. The van der Waals surface area contributed by atoms with Gasteiger partial charge in [0.1, 0.15) is 5.78 Å². The number of aromatic nitrogens is 3. The van der Waals surface area contributed by atoms with Gasteiger partial charge in [0.15, 0.2) is 5.82 Å². The van der Waals surface area contributed by atoms with Gasteiger partial charge in [-0.05, 0) is 37.1 Å². The summed E-state index contributed by atoms with van der Waals surface area (Å²) in [6.07, 6.45) is 5.76. The summed E-state index contributed by atoms with van der Waals surface area (Å²) in [5.74, 6) is 0.701. The first kappa shape index (κ1) is 15.4. The molecule has 0 aliphatic carbocycles. The van der Waals surface area contributed by atoms with Crippen molar-refractivity contribution in [1.82, 2.24) is 25.4 Å². The molecule has 1 fully saturated rings. The van der Waals surface area contributed by atoms with Crippen molar-refractivity contribution in [2.24, 2.45) is 5.92 Å². The van der Waals surface area contributed by atoms with Crippen LogP contribution in [-0.2, 0) is 16.1 Å². The van der Waals surface area contributed by atoms with Crippen LogP contribution in [0.25, 0.3) is 5.82 Å². The number of hydrogen-bond donors (Lipinski definition) is 2. The van der Waals surface area contributed by atoms with E-state index in [1.54, 1.807) is 24.0 Å². The molecule has 2 unspecified atom stereocenters. The molecule has 7 heteroatoms. The summed E-state index contributed by atoms with van der Waals surface area (Å²) < 4.78 is 1.67. The number of nitrogens with one attached hydrogen (secondary N) is 2. The fraction of sp³-hybridized carbons (Fsp3) is 0.375. The van der Waals surface area contributed by atoms with Gasteiger partial charge in [0.2, 0.25) is 5.91 Å². The third-order valence-corrected chi connectivity index (χ3v) is 4.04. The Hall–Kier alpha value is -2.54. The van der Waals surface area contributed by atoms with Crippen LogP contribution in [0.1, 0.15) is 18.9 Å². The maximum atomic E-state index is 12.2. The van der Waals surface area contributed by atoms with Gasteiger partial charge in [-0.1, -0.05) is 0 Å². The summed E-state index contributed by atoms with van der Waals surface area (Å²) in [6.45, 7) is 2.56.